The van der Waals surface area contributed by atoms with Crippen molar-refractivity contribution in [2.45, 2.75) is 0 Å². The summed E-state index contributed by atoms with van der Waals surface area (Å²) in [6.07, 6.45) is 4.14. The molecular formula is C5H4N5OS-. The van der Waals surface area contributed by atoms with Gasteiger partial charge in [-0.05, 0) is 0 Å². The van der Waals surface area contributed by atoms with E-state index in [0.29, 0.717) is 11.2 Å². The highest BCUT2D eigenvalue weighted by Gasteiger charge is 1.96. The molecule has 0 aliphatic carbocycles. The number of nitrogens with one attached hydrogen (secondary N) is 1. The van der Waals surface area contributed by atoms with Crippen molar-refractivity contribution in [3.05, 3.63) is 18.9 Å². The smallest absolute Gasteiger partial charge is 0.147 e. The van der Waals surface area contributed by atoms with Gasteiger partial charge >= 0.3 is 0 Å². The van der Waals surface area contributed by atoms with E-state index >= 15 is 0 Å². The first-order valence-corrected chi connectivity index (χ1v) is 4.16. The van der Waals surface area contributed by atoms with Crippen molar-refractivity contribution in [3.8, 4) is 0 Å². The lowest BCUT2D eigenvalue weighted by molar-refractivity contribution is 0.595. The zero-order chi connectivity index (χ0) is 8.55. The molecule has 0 unspecified atom stereocenters. The average Bonchev–Trinajstić information content (AvgIpc) is 2.47. The molecule has 62 valence electrons. The van der Waals surface area contributed by atoms with Crippen molar-refractivity contribution in [1.82, 2.24) is 18.9 Å². The Bertz CT molecular complexity index is 479. The van der Waals surface area contributed by atoms with Crippen LogP contribution in [0.5, 0.6) is 0 Å². The summed E-state index contributed by atoms with van der Waals surface area (Å²) in [4.78, 5) is 11.4. The van der Waals surface area contributed by atoms with Crippen LogP contribution in [0.3, 0.4) is 0 Å². The summed E-state index contributed by atoms with van der Waals surface area (Å²) in [5.41, 5.74) is 0.955. The Morgan fingerprint density at radius 1 is 1.50 bits per heavy atom. The minimum absolute atomic E-state index is 0.415. The van der Waals surface area contributed by atoms with Gasteiger partial charge in [-0.1, -0.05) is 10.8 Å². The molecule has 0 spiro atoms. The molecule has 0 amide bonds. The third kappa shape index (κ3) is 0.944. The molecule has 2 aromatic rings. The van der Waals surface area contributed by atoms with E-state index in [-0.39, 0.29) is 0 Å². The Balaban J connectivity index is 2.87. The second-order valence-electron chi connectivity index (χ2n) is 2.05. The van der Waals surface area contributed by atoms with Crippen molar-refractivity contribution in [3.63, 3.8) is 0 Å². The molecule has 0 atom stereocenters. The number of rotatable bonds is 1. The average molecular weight is 182 g/mol. The molecule has 0 aliphatic heterocycles. The van der Waals surface area contributed by atoms with E-state index in [1.165, 1.54) is 18.9 Å². The molecule has 0 saturated heterocycles. The number of hydrogen-bond acceptors (Lipinski definition) is 6. The Morgan fingerprint density at radius 2 is 2.33 bits per heavy atom. The SMILES string of the molecule is N=[S-](=O)n1cnc2cncnc21. The molecule has 12 heavy (non-hydrogen) atoms. The molecule has 2 aromatic heterocycles. The Kier molecular flexibility index (Phi) is 1.51. The Labute approximate surface area is 69.4 Å². The van der Waals surface area contributed by atoms with Crippen LogP contribution in [0.25, 0.3) is 11.2 Å². The van der Waals surface area contributed by atoms with Gasteiger partial charge in [0, 0.05) is 0 Å². The van der Waals surface area contributed by atoms with Crippen molar-refractivity contribution >= 4 is 21.9 Å². The Morgan fingerprint density at radius 3 is 3.08 bits per heavy atom. The summed E-state index contributed by atoms with van der Waals surface area (Å²) in [6, 6.07) is 0. The molecule has 0 bridgehead atoms. The van der Waals surface area contributed by atoms with E-state index in [4.69, 9.17) is 4.78 Å². The molecule has 0 aliphatic rings. The molecule has 2 rings (SSSR count). The molecular weight excluding hydrogens is 178 g/mol. The standard InChI is InChI=1S/C5H4N5OS/c6-12(11)10-3-9-4-1-7-2-8-5(4)10/h1-3,6H/q-1. The van der Waals surface area contributed by atoms with Gasteiger partial charge in [0.1, 0.15) is 17.5 Å². The third-order valence-electron chi connectivity index (χ3n) is 1.36. The monoisotopic (exact) mass is 182 g/mol. The maximum absolute atomic E-state index is 10.8. The van der Waals surface area contributed by atoms with Crippen molar-refractivity contribution < 1.29 is 4.21 Å². The van der Waals surface area contributed by atoms with Crippen LogP contribution < -0.4 is 0 Å². The van der Waals surface area contributed by atoms with Crippen LogP contribution in [0.4, 0.5) is 0 Å². The first-order chi connectivity index (χ1) is 5.79. The highest BCUT2D eigenvalue weighted by atomic mass is 32.2. The normalized spacial score (nSPS) is 11.1. The second-order valence-corrected chi connectivity index (χ2v) is 2.94. The van der Waals surface area contributed by atoms with Crippen molar-refractivity contribution in [1.29, 1.82) is 4.78 Å². The van der Waals surface area contributed by atoms with Gasteiger partial charge in [-0.25, -0.2) is 15.0 Å². The van der Waals surface area contributed by atoms with E-state index in [9.17, 15) is 4.21 Å². The number of aromatic nitrogens is 4. The fraction of sp³-hybridized carbons (Fsp3) is 0. The summed E-state index contributed by atoms with van der Waals surface area (Å²) in [6.45, 7) is 0. The van der Waals surface area contributed by atoms with Crippen LogP contribution in [0, 0.1) is 4.78 Å². The van der Waals surface area contributed by atoms with Gasteiger partial charge in [0.15, 0.2) is 0 Å². The van der Waals surface area contributed by atoms with Gasteiger partial charge in [0.25, 0.3) is 0 Å². The van der Waals surface area contributed by atoms with Crippen molar-refractivity contribution in [2.24, 2.45) is 0 Å². The topological polar surface area (TPSA) is 84.5 Å². The van der Waals surface area contributed by atoms with Gasteiger partial charge in [-0.15, -0.1) is 0 Å². The van der Waals surface area contributed by atoms with Crippen LogP contribution in [0.1, 0.15) is 0 Å². The zero-order valence-electron chi connectivity index (χ0n) is 5.84. The minimum atomic E-state index is -1.86. The molecule has 7 heteroatoms. The Hall–Kier alpha value is -1.50. The number of hydrogen-bond donors (Lipinski definition) is 1. The van der Waals surface area contributed by atoms with Crippen LogP contribution in [-0.4, -0.2) is 18.9 Å². The summed E-state index contributed by atoms with van der Waals surface area (Å²) in [7, 11) is -1.86. The lowest BCUT2D eigenvalue weighted by Gasteiger charge is -2.01. The summed E-state index contributed by atoms with van der Waals surface area (Å²) < 4.78 is 18.9. The van der Waals surface area contributed by atoms with Gasteiger partial charge in [0.05, 0.1) is 12.5 Å². The van der Waals surface area contributed by atoms with Gasteiger partial charge in [-0.2, -0.15) is 0 Å². The van der Waals surface area contributed by atoms with Crippen LogP contribution >= 0.6 is 0 Å². The van der Waals surface area contributed by atoms with Gasteiger partial charge in [0.2, 0.25) is 0 Å². The third-order valence-corrected chi connectivity index (χ3v) is 1.99. The minimum Gasteiger partial charge on any atom is -0.424 e. The summed E-state index contributed by atoms with van der Waals surface area (Å²) in [5.74, 6) is 0. The van der Waals surface area contributed by atoms with E-state index < -0.39 is 10.8 Å². The molecule has 0 radical (unpaired) electrons. The molecule has 0 aromatic carbocycles. The molecule has 1 N–H and O–H groups in total. The molecule has 0 saturated carbocycles. The number of imidazole rings is 1. The largest absolute Gasteiger partial charge is 0.424 e. The van der Waals surface area contributed by atoms with E-state index in [2.05, 4.69) is 15.0 Å². The predicted molar refractivity (Wildman–Crippen MR) is 41.5 cm³/mol. The fourth-order valence-corrected chi connectivity index (χ4v) is 1.30. The van der Waals surface area contributed by atoms with E-state index in [1.807, 2.05) is 0 Å². The first-order valence-electron chi connectivity index (χ1n) is 3.05. The summed E-state index contributed by atoms with van der Waals surface area (Å²) in [5, 5.41) is 0. The maximum atomic E-state index is 10.8. The van der Waals surface area contributed by atoms with Gasteiger partial charge in [-0.3, -0.25) is 0 Å². The van der Waals surface area contributed by atoms with Gasteiger partial charge < -0.3 is 13.0 Å². The number of nitrogens with zero attached hydrogens (tertiary/aromatic N) is 4. The highest BCUT2D eigenvalue weighted by Crippen LogP contribution is 2.05. The quantitative estimate of drug-likeness (QED) is 0.643. The molecule has 0 fully saturated rings. The van der Waals surface area contributed by atoms with E-state index in [0.717, 1.165) is 3.97 Å². The van der Waals surface area contributed by atoms with Crippen LogP contribution in [-0.2, 0) is 15.0 Å². The zero-order valence-corrected chi connectivity index (χ0v) is 6.65. The maximum Gasteiger partial charge on any atom is 0.147 e. The molecule has 6 nitrogen and oxygen atoms in total. The predicted octanol–water partition coefficient (Wildman–Crippen LogP) is 0.316. The van der Waals surface area contributed by atoms with Crippen LogP contribution in [0.2, 0.25) is 0 Å². The number of fused-ring (bicyclic) bond motifs is 1. The second kappa shape index (κ2) is 2.52. The van der Waals surface area contributed by atoms with Crippen molar-refractivity contribution in [2.75, 3.05) is 0 Å². The van der Waals surface area contributed by atoms with E-state index in [1.54, 1.807) is 0 Å². The lowest BCUT2D eigenvalue weighted by atomic mass is 10.6. The highest BCUT2D eigenvalue weighted by molar-refractivity contribution is 7.72. The summed E-state index contributed by atoms with van der Waals surface area (Å²) >= 11 is 0. The van der Waals surface area contributed by atoms with Crippen LogP contribution in [0.15, 0.2) is 18.9 Å². The first kappa shape index (κ1) is 7.17. The fourth-order valence-electron chi connectivity index (χ4n) is 0.867. The molecule has 2 heterocycles. The lowest BCUT2D eigenvalue weighted by Crippen LogP contribution is -1.92.